The van der Waals surface area contributed by atoms with Gasteiger partial charge in [0.05, 0.1) is 0 Å². The maximum atomic E-state index is 10.8. The minimum Gasteiger partial charge on any atom is -0.331 e. The molecule has 1 heterocycles. The van der Waals surface area contributed by atoms with Gasteiger partial charge in [0.25, 0.3) is 0 Å². The van der Waals surface area contributed by atoms with Crippen molar-refractivity contribution in [2.75, 3.05) is 5.32 Å². The van der Waals surface area contributed by atoms with Crippen LogP contribution >= 0.6 is 0 Å². The topological polar surface area (TPSA) is 57.8 Å². The summed E-state index contributed by atoms with van der Waals surface area (Å²) in [5, 5.41) is 2.44. The van der Waals surface area contributed by atoms with E-state index >= 15 is 0 Å². The molecule has 0 radical (unpaired) electrons. The first-order valence-electron chi connectivity index (χ1n) is 3.06. The minimum absolute atomic E-state index is 0.359. The molecule has 4 nitrogen and oxygen atoms in total. The van der Waals surface area contributed by atoms with Gasteiger partial charge in [0, 0.05) is 12.4 Å². The van der Waals surface area contributed by atoms with Gasteiger partial charge in [-0.1, -0.05) is 5.92 Å². The van der Waals surface area contributed by atoms with E-state index in [2.05, 4.69) is 27.1 Å². The van der Waals surface area contributed by atoms with E-state index in [1.807, 2.05) is 0 Å². The number of H-pyrrole nitrogens is 1. The third-order valence-corrected chi connectivity index (χ3v) is 0.969. The zero-order valence-electron chi connectivity index (χ0n) is 6.01. The first-order valence-corrected chi connectivity index (χ1v) is 3.06. The molecule has 0 aromatic carbocycles. The Morgan fingerprint density at radius 1 is 1.82 bits per heavy atom. The van der Waals surface area contributed by atoms with Gasteiger partial charge in [-0.2, -0.15) is 0 Å². The Morgan fingerprint density at radius 3 is 3.18 bits per heavy atom. The van der Waals surface area contributed by atoms with E-state index < -0.39 is 0 Å². The number of hydrogen-bond donors (Lipinski definition) is 2. The van der Waals surface area contributed by atoms with E-state index in [4.69, 9.17) is 0 Å². The summed E-state index contributed by atoms with van der Waals surface area (Å²) >= 11 is 0. The lowest BCUT2D eigenvalue weighted by Crippen LogP contribution is -2.09. The monoisotopic (exact) mass is 149 g/mol. The highest BCUT2D eigenvalue weighted by Crippen LogP contribution is 1.92. The SMILES string of the molecule is CC#CC(=O)Nc1ncc[nH]1. The van der Waals surface area contributed by atoms with Crippen LogP contribution in [-0.2, 0) is 4.79 Å². The first kappa shape index (κ1) is 7.35. The molecule has 0 unspecified atom stereocenters. The fourth-order valence-electron chi connectivity index (χ4n) is 0.586. The van der Waals surface area contributed by atoms with Crippen molar-refractivity contribution in [1.82, 2.24) is 9.97 Å². The number of anilines is 1. The summed E-state index contributed by atoms with van der Waals surface area (Å²) < 4.78 is 0. The lowest BCUT2D eigenvalue weighted by molar-refractivity contribution is -0.111. The molecule has 2 N–H and O–H groups in total. The van der Waals surface area contributed by atoms with Gasteiger partial charge in [0.1, 0.15) is 0 Å². The van der Waals surface area contributed by atoms with Gasteiger partial charge in [0.15, 0.2) is 0 Å². The lowest BCUT2D eigenvalue weighted by Gasteiger charge is -1.91. The number of carbonyl (C=O) groups excluding carboxylic acids is 1. The van der Waals surface area contributed by atoms with Crippen molar-refractivity contribution in [1.29, 1.82) is 0 Å². The Morgan fingerprint density at radius 2 is 2.64 bits per heavy atom. The second-order valence-electron chi connectivity index (χ2n) is 1.77. The van der Waals surface area contributed by atoms with Crippen LogP contribution < -0.4 is 5.32 Å². The van der Waals surface area contributed by atoms with Crippen LogP contribution in [0.1, 0.15) is 6.92 Å². The molecular weight excluding hydrogens is 142 g/mol. The highest BCUT2D eigenvalue weighted by atomic mass is 16.1. The first-order chi connectivity index (χ1) is 5.33. The van der Waals surface area contributed by atoms with Crippen molar-refractivity contribution in [3.8, 4) is 11.8 Å². The van der Waals surface area contributed by atoms with E-state index in [-0.39, 0.29) is 5.91 Å². The Balaban J connectivity index is 2.55. The molecule has 11 heavy (non-hydrogen) atoms. The third-order valence-electron chi connectivity index (χ3n) is 0.969. The molecule has 1 aromatic rings. The van der Waals surface area contributed by atoms with Crippen LogP contribution in [0.4, 0.5) is 5.95 Å². The molecule has 0 aliphatic rings. The van der Waals surface area contributed by atoms with Gasteiger partial charge >= 0.3 is 5.91 Å². The van der Waals surface area contributed by atoms with Gasteiger partial charge in [-0.3, -0.25) is 10.1 Å². The molecule has 0 bridgehead atoms. The van der Waals surface area contributed by atoms with Gasteiger partial charge in [-0.25, -0.2) is 4.98 Å². The van der Waals surface area contributed by atoms with Crippen LogP contribution in [0.3, 0.4) is 0 Å². The maximum absolute atomic E-state index is 10.8. The predicted octanol–water partition coefficient (Wildman–Crippen LogP) is 0.371. The number of amides is 1. The van der Waals surface area contributed by atoms with Crippen molar-refractivity contribution in [3.63, 3.8) is 0 Å². The molecule has 0 aliphatic carbocycles. The standard InChI is InChI=1S/C7H7N3O/c1-2-3-6(11)10-7-8-4-5-9-7/h4-5H,1H3,(H2,8,9,10,11). The normalized spacial score (nSPS) is 8.09. The summed E-state index contributed by atoms with van der Waals surface area (Å²) in [6.45, 7) is 1.60. The lowest BCUT2D eigenvalue weighted by atomic mass is 10.6. The zero-order valence-corrected chi connectivity index (χ0v) is 6.01. The highest BCUT2D eigenvalue weighted by Gasteiger charge is 1.96. The van der Waals surface area contributed by atoms with E-state index in [1.165, 1.54) is 0 Å². The number of aromatic amines is 1. The van der Waals surface area contributed by atoms with Crippen LogP contribution in [0.25, 0.3) is 0 Å². The van der Waals surface area contributed by atoms with Gasteiger partial charge in [-0.15, -0.1) is 0 Å². The summed E-state index contributed by atoms with van der Waals surface area (Å²) in [6, 6.07) is 0. The van der Waals surface area contributed by atoms with Crippen LogP contribution in [-0.4, -0.2) is 15.9 Å². The minimum atomic E-state index is -0.359. The molecule has 1 aromatic heterocycles. The van der Waals surface area contributed by atoms with Gasteiger partial charge in [0.2, 0.25) is 5.95 Å². The molecule has 0 fully saturated rings. The van der Waals surface area contributed by atoms with Crippen molar-refractivity contribution >= 4 is 11.9 Å². The van der Waals surface area contributed by atoms with Crippen molar-refractivity contribution in [2.24, 2.45) is 0 Å². The molecule has 0 spiro atoms. The van der Waals surface area contributed by atoms with Crippen molar-refractivity contribution < 1.29 is 4.79 Å². The van der Waals surface area contributed by atoms with Crippen LogP contribution in [0.15, 0.2) is 12.4 Å². The summed E-state index contributed by atoms with van der Waals surface area (Å²) in [5.74, 6) is 4.86. The van der Waals surface area contributed by atoms with Crippen LogP contribution in [0.2, 0.25) is 0 Å². The average molecular weight is 149 g/mol. The number of nitrogens with zero attached hydrogens (tertiary/aromatic N) is 1. The summed E-state index contributed by atoms with van der Waals surface area (Å²) in [5.41, 5.74) is 0. The van der Waals surface area contributed by atoms with E-state index in [0.29, 0.717) is 5.95 Å². The fourth-order valence-corrected chi connectivity index (χ4v) is 0.586. The van der Waals surface area contributed by atoms with E-state index in [0.717, 1.165) is 0 Å². The second-order valence-corrected chi connectivity index (χ2v) is 1.77. The molecule has 0 aliphatic heterocycles. The molecule has 1 rings (SSSR count). The number of rotatable bonds is 1. The maximum Gasteiger partial charge on any atom is 0.302 e. The number of nitrogens with one attached hydrogen (secondary N) is 2. The molecule has 0 saturated carbocycles. The predicted molar refractivity (Wildman–Crippen MR) is 40.7 cm³/mol. The number of aromatic nitrogens is 2. The average Bonchev–Trinajstić information content (AvgIpc) is 2.40. The second kappa shape index (κ2) is 3.42. The molecular formula is C7H7N3O. The number of hydrogen-bond acceptors (Lipinski definition) is 2. The quantitative estimate of drug-likeness (QED) is 0.567. The summed E-state index contributed by atoms with van der Waals surface area (Å²) in [6.07, 6.45) is 3.17. The van der Waals surface area contributed by atoms with Crippen molar-refractivity contribution in [3.05, 3.63) is 12.4 Å². The smallest absolute Gasteiger partial charge is 0.302 e. The Hall–Kier alpha value is -1.76. The molecule has 0 atom stereocenters. The molecule has 4 heteroatoms. The van der Waals surface area contributed by atoms with E-state index in [1.54, 1.807) is 19.3 Å². The third kappa shape index (κ3) is 2.14. The Kier molecular flexibility index (Phi) is 2.28. The van der Waals surface area contributed by atoms with Crippen LogP contribution in [0, 0.1) is 11.8 Å². The Bertz CT molecular complexity index is 291. The number of imidazole rings is 1. The van der Waals surface area contributed by atoms with Crippen LogP contribution in [0.5, 0.6) is 0 Å². The summed E-state index contributed by atoms with van der Waals surface area (Å²) in [4.78, 5) is 17.3. The molecule has 1 amide bonds. The van der Waals surface area contributed by atoms with Crippen molar-refractivity contribution in [2.45, 2.75) is 6.92 Å². The molecule has 56 valence electrons. The fraction of sp³-hybridized carbons (Fsp3) is 0.143. The Labute approximate surface area is 64.0 Å². The van der Waals surface area contributed by atoms with E-state index in [9.17, 15) is 4.79 Å². The highest BCUT2D eigenvalue weighted by molar-refractivity contribution is 6.02. The zero-order chi connectivity index (χ0) is 8.10. The summed E-state index contributed by atoms with van der Waals surface area (Å²) in [7, 11) is 0. The number of carbonyl (C=O) groups is 1. The van der Waals surface area contributed by atoms with Gasteiger partial charge < -0.3 is 4.98 Å². The largest absolute Gasteiger partial charge is 0.331 e. The molecule has 0 saturated heterocycles. The van der Waals surface area contributed by atoms with Gasteiger partial charge in [-0.05, 0) is 12.8 Å².